The molecular formula is C51H51NO6S. The lowest BCUT2D eigenvalue weighted by molar-refractivity contribution is -0.387. The van der Waals surface area contributed by atoms with Crippen LogP contribution in [0.1, 0.15) is 51.4 Å². The first kappa shape index (κ1) is 39.7. The van der Waals surface area contributed by atoms with Crippen molar-refractivity contribution < 1.29 is 28.4 Å². The van der Waals surface area contributed by atoms with Crippen LogP contribution in [0.25, 0.3) is 0 Å². The van der Waals surface area contributed by atoms with Gasteiger partial charge in [-0.2, -0.15) is 0 Å². The van der Waals surface area contributed by atoms with Crippen molar-refractivity contribution in [1.29, 1.82) is 0 Å². The van der Waals surface area contributed by atoms with Crippen LogP contribution in [0.15, 0.2) is 163 Å². The number of ether oxygens (including phenoxy) is 6. The molecule has 0 aliphatic carbocycles. The van der Waals surface area contributed by atoms with Crippen LogP contribution < -0.4 is 4.90 Å². The van der Waals surface area contributed by atoms with Crippen LogP contribution in [-0.4, -0.2) is 36.9 Å². The molecular weight excluding hydrogens is 755 g/mol. The lowest BCUT2D eigenvalue weighted by atomic mass is 9.86. The Morgan fingerprint density at radius 3 is 1.75 bits per heavy atom. The van der Waals surface area contributed by atoms with E-state index in [0.717, 1.165) is 52.2 Å². The second-order valence-electron chi connectivity index (χ2n) is 15.5. The number of fused-ring (bicyclic) bond motifs is 3. The first-order valence-electron chi connectivity index (χ1n) is 20.7. The van der Waals surface area contributed by atoms with E-state index in [0.29, 0.717) is 33.0 Å². The molecule has 302 valence electrons. The first-order valence-corrected chi connectivity index (χ1v) is 21.7. The Morgan fingerprint density at radius 1 is 0.610 bits per heavy atom. The number of thioether (sulfide) groups is 1. The summed E-state index contributed by atoms with van der Waals surface area (Å²) in [4.78, 5) is 3.70. The van der Waals surface area contributed by atoms with Crippen LogP contribution in [0.5, 0.6) is 0 Å². The molecule has 6 aromatic rings. The van der Waals surface area contributed by atoms with Gasteiger partial charge in [0.2, 0.25) is 5.79 Å². The van der Waals surface area contributed by atoms with Gasteiger partial charge in [0.15, 0.2) is 0 Å². The number of benzene rings is 6. The lowest BCUT2D eigenvalue weighted by Crippen LogP contribution is -2.65. The SMILES string of the molecule is CCc1ccc(CN2CSc3cc4c(cc32)[C@]2(OC4)O[C@H](COCc3ccccc3)[C@H](OCc3ccccc3)[C@H](OCc3ccccc3)[C@H]2OCc2ccccc2)cc1. The molecule has 0 saturated carbocycles. The maximum atomic E-state index is 7.42. The molecule has 5 atom stereocenters. The van der Waals surface area contributed by atoms with E-state index in [1.165, 1.54) is 21.7 Å². The summed E-state index contributed by atoms with van der Waals surface area (Å²) < 4.78 is 42.1. The fourth-order valence-electron chi connectivity index (χ4n) is 8.30. The molecule has 1 fully saturated rings. The summed E-state index contributed by atoms with van der Waals surface area (Å²) in [7, 11) is 0. The number of rotatable bonds is 16. The molecule has 8 heteroatoms. The minimum Gasteiger partial charge on any atom is -0.374 e. The summed E-state index contributed by atoms with van der Waals surface area (Å²) in [5, 5.41) is 0. The van der Waals surface area contributed by atoms with E-state index in [2.05, 4.69) is 96.8 Å². The topological polar surface area (TPSA) is 58.6 Å². The molecule has 0 N–H and O–H groups in total. The van der Waals surface area contributed by atoms with Crippen LogP contribution in [0.3, 0.4) is 0 Å². The Hall–Kier alpha value is -4.77. The highest BCUT2D eigenvalue weighted by atomic mass is 32.2. The number of hydrogen-bond acceptors (Lipinski definition) is 8. The Balaban J connectivity index is 1.11. The summed E-state index contributed by atoms with van der Waals surface area (Å²) in [6.45, 7) is 5.12. The molecule has 9 rings (SSSR count). The molecule has 7 nitrogen and oxygen atoms in total. The predicted octanol–water partition coefficient (Wildman–Crippen LogP) is 10.4. The smallest absolute Gasteiger partial charge is 0.226 e. The van der Waals surface area contributed by atoms with Gasteiger partial charge in [0.05, 0.1) is 51.2 Å². The third-order valence-corrected chi connectivity index (χ3v) is 12.5. The average molecular weight is 806 g/mol. The van der Waals surface area contributed by atoms with Crippen molar-refractivity contribution in [3.63, 3.8) is 0 Å². The zero-order valence-electron chi connectivity index (χ0n) is 33.5. The van der Waals surface area contributed by atoms with Crippen molar-refractivity contribution in [2.24, 2.45) is 0 Å². The molecule has 59 heavy (non-hydrogen) atoms. The van der Waals surface area contributed by atoms with Crippen molar-refractivity contribution in [3.8, 4) is 0 Å². The monoisotopic (exact) mass is 805 g/mol. The fraction of sp³-hybridized carbons (Fsp3) is 0.294. The Morgan fingerprint density at radius 2 is 1.15 bits per heavy atom. The van der Waals surface area contributed by atoms with Gasteiger partial charge in [-0.05, 0) is 57.5 Å². The predicted molar refractivity (Wildman–Crippen MR) is 232 cm³/mol. The molecule has 1 spiro atoms. The van der Waals surface area contributed by atoms with Gasteiger partial charge < -0.3 is 33.3 Å². The summed E-state index contributed by atoms with van der Waals surface area (Å²) in [5.74, 6) is -0.444. The standard InChI is InChI=1S/C51H51NO6S/c1-2-37-23-25-38(26-24-37)29-52-36-59-47-27-43-34-57-51(44(43)28-45(47)52)50(56-33-42-21-13-6-14-22-42)49(55-32-41-19-11-5-12-20-41)48(54-31-40-17-9-4-10-18-40)46(58-51)35-53-30-39-15-7-3-8-16-39/h3-28,46,48-50H,2,29-36H2,1H3/t46-,48+,49+,50-,51+/m1/s1. The highest BCUT2D eigenvalue weighted by molar-refractivity contribution is 7.99. The van der Waals surface area contributed by atoms with Crippen molar-refractivity contribution in [2.75, 3.05) is 17.4 Å². The Kier molecular flexibility index (Phi) is 12.5. The molecule has 0 amide bonds. The van der Waals surface area contributed by atoms with Gasteiger partial charge in [-0.3, -0.25) is 0 Å². The summed E-state index contributed by atoms with van der Waals surface area (Å²) in [6, 6.07) is 54.5. The molecule has 3 aliphatic heterocycles. The minimum atomic E-state index is -1.31. The van der Waals surface area contributed by atoms with Crippen LogP contribution in [0.4, 0.5) is 5.69 Å². The molecule has 3 heterocycles. The van der Waals surface area contributed by atoms with Crippen molar-refractivity contribution in [1.82, 2.24) is 0 Å². The van der Waals surface area contributed by atoms with Gasteiger partial charge in [0.25, 0.3) is 0 Å². The molecule has 1 saturated heterocycles. The highest BCUT2D eigenvalue weighted by Crippen LogP contribution is 2.52. The van der Waals surface area contributed by atoms with Crippen LogP contribution >= 0.6 is 11.8 Å². The lowest BCUT2D eigenvalue weighted by Gasteiger charge is -2.51. The molecule has 0 unspecified atom stereocenters. The number of nitrogens with zero attached hydrogens (tertiary/aromatic N) is 1. The molecule has 6 aromatic carbocycles. The zero-order valence-corrected chi connectivity index (χ0v) is 34.3. The molecule has 0 bridgehead atoms. The highest BCUT2D eigenvalue weighted by Gasteiger charge is 2.61. The maximum absolute atomic E-state index is 7.42. The van der Waals surface area contributed by atoms with Crippen molar-refractivity contribution >= 4 is 17.4 Å². The largest absolute Gasteiger partial charge is 0.374 e. The Bertz CT molecular complexity index is 2240. The van der Waals surface area contributed by atoms with Crippen LogP contribution in [0, 0.1) is 0 Å². The van der Waals surface area contributed by atoms with E-state index < -0.39 is 30.2 Å². The second-order valence-corrected chi connectivity index (χ2v) is 16.5. The van der Waals surface area contributed by atoms with Crippen molar-refractivity contribution in [3.05, 3.63) is 202 Å². The average Bonchev–Trinajstić information content (AvgIpc) is 3.85. The van der Waals surface area contributed by atoms with Crippen molar-refractivity contribution in [2.45, 2.75) is 88.0 Å². The first-order chi connectivity index (χ1) is 29.1. The van der Waals surface area contributed by atoms with Gasteiger partial charge in [-0.1, -0.05) is 153 Å². The van der Waals surface area contributed by atoms with Crippen LogP contribution in [0.2, 0.25) is 0 Å². The second kappa shape index (κ2) is 18.7. The van der Waals surface area contributed by atoms with E-state index in [9.17, 15) is 0 Å². The quantitative estimate of drug-likeness (QED) is 0.0959. The summed E-state index contributed by atoms with van der Waals surface area (Å²) >= 11 is 1.87. The van der Waals surface area contributed by atoms with E-state index in [1.807, 2.05) is 84.6 Å². The van der Waals surface area contributed by atoms with E-state index >= 15 is 0 Å². The third-order valence-electron chi connectivity index (χ3n) is 11.4. The van der Waals surface area contributed by atoms with E-state index in [4.69, 9.17) is 28.4 Å². The molecule has 3 aliphatic rings. The van der Waals surface area contributed by atoms with E-state index in [-0.39, 0.29) is 6.61 Å². The van der Waals surface area contributed by atoms with Gasteiger partial charge in [-0.25, -0.2) is 0 Å². The van der Waals surface area contributed by atoms with Gasteiger partial charge in [-0.15, -0.1) is 11.8 Å². The fourth-order valence-corrected chi connectivity index (χ4v) is 9.39. The van der Waals surface area contributed by atoms with Gasteiger partial charge in [0.1, 0.15) is 24.4 Å². The van der Waals surface area contributed by atoms with Crippen LogP contribution in [-0.2, 0) is 80.2 Å². The summed E-state index contributed by atoms with van der Waals surface area (Å²) in [6.07, 6.45) is -1.43. The van der Waals surface area contributed by atoms with Gasteiger partial charge in [0, 0.05) is 17.0 Å². The minimum absolute atomic E-state index is 0.256. The number of hydrogen-bond donors (Lipinski definition) is 0. The normalized spacial score (nSPS) is 22.1. The maximum Gasteiger partial charge on any atom is 0.226 e. The molecule has 0 radical (unpaired) electrons. The zero-order chi connectivity index (χ0) is 39.9. The van der Waals surface area contributed by atoms with Gasteiger partial charge >= 0.3 is 0 Å². The third kappa shape index (κ3) is 9.05. The van der Waals surface area contributed by atoms with E-state index in [1.54, 1.807) is 0 Å². The summed E-state index contributed by atoms with van der Waals surface area (Å²) in [5.41, 5.74) is 10.1. The number of aryl methyl sites for hydroxylation is 1. The number of anilines is 1. The Labute approximate surface area is 352 Å². The molecule has 0 aromatic heterocycles.